The molecule has 0 fully saturated rings. The Bertz CT molecular complexity index is 784. The van der Waals surface area contributed by atoms with Crippen molar-refractivity contribution in [1.82, 2.24) is 14.5 Å². The van der Waals surface area contributed by atoms with E-state index in [0.29, 0.717) is 0 Å². The number of hydrogen-bond donors (Lipinski definition) is 1. The molecule has 0 aliphatic rings. The maximum Gasteiger partial charge on any atom is 0.164 e. The summed E-state index contributed by atoms with van der Waals surface area (Å²) in [6.07, 6.45) is 2.60. The molecule has 4 heteroatoms. The summed E-state index contributed by atoms with van der Waals surface area (Å²) in [6, 6.07) is 11.1. The van der Waals surface area contributed by atoms with Crippen molar-refractivity contribution < 1.29 is 5.11 Å². The van der Waals surface area contributed by atoms with Gasteiger partial charge < -0.3 is 5.11 Å². The topological polar surface area (TPSA) is 50.9 Å². The van der Waals surface area contributed by atoms with Gasteiger partial charge in [-0.3, -0.25) is 4.57 Å². The molecule has 0 radical (unpaired) electrons. The van der Waals surface area contributed by atoms with Crippen LogP contribution in [0.15, 0.2) is 42.6 Å². The number of hydrogen-bond acceptors (Lipinski definition) is 3. The van der Waals surface area contributed by atoms with Crippen LogP contribution in [0.2, 0.25) is 0 Å². The molecule has 2 aromatic heterocycles. The van der Waals surface area contributed by atoms with Gasteiger partial charge in [-0.05, 0) is 29.7 Å². The minimum Gasteiger partial charge on any atom is -0.508 e. The molecule has 2 heterocycles. The molecule has 4 nitrogen and oxygen atoms in total. The van der Waals surface area contributed by atoms with Crippen molar-refractivity contribution in [2.24, 2.45) is 5.41 Å². The molecule has 21 heavy (non-hydrogen) atoms. The van der Waals surface area contributed by atoms with E-state index < -0.39 is 0 Å². The predicted octanol–water partition coefficient (Wildman–Crippen LogP) is 3.71. The number of phenols is 1. The van der Waals surface area contributed by atoms with Crippen LogP contribution in [0.3, 0.4) is 0 Å². The zero-order valence-electron chi connectivity index (χ0n) is 12.5. The Labute approximate surface area is 124 Å². The third-order valence-electron chi connectivity index (χ3n) is 3.26. The van der Waals surface area contributed by atoms with Gasteiger partial charge in [0.25, 0.3) is 0 Å². The van der Waals surface area contributed by atoms with Gasteiger partial charge in [0.1, 0.15) is 17.1 Å². The third kappa shape index (κ3) is 2.75. The van der Waals surface area contributed by atoms with Gasteiger partial charge >= 0.3 is 0 Å². The number of aromatic nitrogens is 3. The third-order valence-corrected chi connectivity index (χ3v) is 3.26. The standard InChI is InChI=1S/C17H19N3O/c1-17(2,3)11-15-19-14-8-5-9-18-16(14)20(15)12-6-4-7-13(21)10-12/h4-10,21H,11H2,1-3H3. The monoisotopic (exact) mass is 281 g/mol. The van der Waals surface area contributed by atoms with Crippen LogP contribution < -0.4 is 0 Å². The van der Waals surface area contributed by atoms with Crippen molar-refractivity contribution in [1.29, 1.82) is 0 Å². The first kappa shape index (κ1) is 13.6. The lowest BCUT2D eigenvalue weighted by molar-refractivity contribution is 0.399. The van der Waals surface area contributed by atoms with Crippen LogP contribution in [0.1, 0.15) is 26.6 Å². The highest BCUT2D eigenvalue weighted by atomic mass is 16.3. The number of fused-ring (bicyclic) bond motifs is 1. The second kappa shape index (κ2) is 4.88. The zero-order chi connectivity index (χ0) is 15.0. The Morgan fingerprint density at radius 2 is 1.95 bits per heavy atom. The van der Waals surface area contributed by atoms with E-state index in [1.54, 1.807) is 18.3 Å². The van der Waals surface area contributed by atoms with E-state index >= 15 is 0 Å². The minimum atomic E-state index is 0.121. The van der Waals surface area contributed by atoms with Crippen molar-refractivity contribution in [3.63, 3.8) is 0 Å². The number of aromatic hydroxyl groups is 1. The Hall–Kier alpha value is -2.36. The summed E-state index contributed by atoms with van der Waals surface area (Å²) in [5.74, 6) is 1.20. The number of phenolic OH excluding ortho intramolecular Hbond substituents is 1. The molecule has 108 valence electrons. The molecule has 0 spiro atoms. The predicted molar refractivity (Wildman–Crippen MR) is 83.7 cm³/mol. The molecule has 0 saturated heterocycles. The van der Waals surface area contributed by atoms with E-state index in [4.69, 9.17) is 4.98 Å². The molecule has 0 atom stereocenters. The average Bonchev–Trinajstić information content (AvgIpc) is 2.74. The number of pyridine rings is 1. The molecule has 0 unspecified atom stereocenters. The van der Waals surface area contributed by atoms with E-state index in [1.807, 2.05) is 28.8 Å². The molecule has 0 bridgehead atoms. The number of rotatable bonds is 2. The fraction of sp³-hybridized carbons (Fsp3) is 0.294. The van der Waals surface area contributed by atoms with Gasteiger partial charge in [-0.1, -0.05) is 26.8 Å². The van der Waals surface area contributed by atoms with Gasteiger partial charge in [-0.15, -0.1) is 0 Å². The van der Waals surface area contributed by atoms with E-state index in [-0.39, 0.29) is 11.2 Å². The summed E-state index contributed by atoms with van der Waals surface area (Å²) < 4.78 is 2.03. The molecule has 0 amide bonds. The van der Waals surface area contributed by atoms with E-state index in [0.717, 1.165) is 29.1 Å². The first-order chi connectivity index (χ1) is 9.94. The van der Waals surface area contributed by atoms with Crippen molar-refractivity contribution in [3.05, 3.63) is 48.4 Å². The molecule has 0 aliphatic carbocycles. The van der Waals surface area contributed by atoms with Crippen LogP contribution in [0.25, 0.3) is 16.9 Å². The van der Waals surface area contributed by atoms with E-state index in [9.17, 15) is 5.11 Å². The first-order valence-corrected chi connectivity index (χ1v) is 7.06. The lowest BCUT2D eigenvalue weighted by Crippen LogP contribution is -2.14. The molecule has 1 N–H and O–H groups in total. The van der Waals surface area contributed by atoms with Crippen molar-refractivity contribution in [2.45, 2.75) is 27.2 Å². The van der Waals surface area contributed by atoms with Crippen LogP contribution in [-0.2, 0) is 6.42 Å². The maximum atomic E-state index is 9.75. The quantitative estimate of drug-likeness (QED) is 0.779. The van der Waals surface area contributed by atoms with Gasteiger partial charge in [-0.2, -0.15) is 0 Å². The van der Waals surface area contributed by atoms with E-state index in [2.05, 4.69) is 25.8 Å². The fourth-order valence-corrected chi connectivity index (χ4v) is 2.46. The molecule has 0 saturated carbocycles. The normalized spacial score (nSPS) is 12.0. The summed E-state index contributed by atoms with van der Waals surface area (Å²) in [5, 5.41) is 9.75. The second-order valence-corrected chi connectivity index (χ2v) is 6.47. The highest BCUT2D eigenvalue weighted by Gasteiger charge is 2.19. The molecule has 0 aliphatic heterocycles. The van der Waals surface area contributed by atoms with Gasteiger partial charge in [0.05, 0.1) is 5.69 Å². The number of benzene rings is 1. The van der Waals surface area contributed by atoms with Crippen LogP contribution >= 0.6 is 0 Å². The maximum absolute atomic E-state index is 9.75. The van der Waals surface area contributed by atoms with Crippen LogP contribution in [0, 0.1) is 5.41 Å². The summed E-state index contributed by atoms with van der Waals surface area (Å²) >= 11 is 0. The number of imidazole rings is 1. The summed E-state index contributed by atoms with van der Waals surface area (Å²) in [7, 11) is 0. The summed E-state index contributed by atoms with van der Waals surface area (Å²) in [4.78, 5) is 9.18. The Morgan fingerprint density at radius 3 is 2.67 bits per heavy atom. The lowest BCUT2D eigenvalue weighted by Gasteiger charge is -2.18. The Morgan fingerprint density at radius 1 is 1.14 bits per heavy atom. The molecular weight excluding hydrogens is 262 g/mol. The summed E-state index contributed by atoms with van der Waals surface area (Å²) in [5.41, 5.74) is 2.70. The Kier molecular flexibility index (Phi) is 3.16. The lowest BCUT2D eigenvalue weighted by atomic mass is 9.92. The molecule has 1 aromatic carbocycles. The summed E-state index contributed by atoms with van der Waals surface area (Å²) in [6.45, 7) is 6.56. The molecule has 3 rings (SSSR count). The highest BCUT2D eigenvalue weighted by molar-refractivity contribution is 5.74. The van der Waals surface area contributed by atoms with Crippen LogP contribution in [-0.4, -0.2) is 19.6 Å². The van der Waals surface area contributed by atoms with Crippen molar-refractivity contribution in [3.8, 4) is 11.4 Å². The van der Waals surface area contributed by atoms with Crippen molar-refractivity contribution >= 4 is 11.2 Å². The first-order valence-electron chi connectivity index (χ1n) is 7.06. The van der Waals surface area contributed by atoms with Gasteiger partial charge in [0.2, 0.25) is 0 Å². The smallest absolute Gasteiger partial charge is 0.164 e. The molecule has 3 aromatic rings. The van der Waals surface area contributed by atoms with Crippen LogP contribution in [0.5, 0.6) is 5.75 Å². The minimum absolute atomic E-state index is 0.121. The van der Waals surface area contributed by atoms with Gasteiger partial charge in [0, 0.05) is 18.7 Å². The highest BCUT2D eigenvalue weighted by Crippen LogP contribution is 2.27. The SMILES string of the molecule is CC(C)(C)Cc1nc2cccnc2n1-c1cccc(O)c1. The number of nitrogens with zero attached hydrogens (tertiary/aromatic N) is 3. The second-order valence-electron chi connectivity index (χ2n) is 6.47. The average molecular weight is 281 g/mol. The van der Waals surface area contributed by atoms with Gasteiger partial charge in [-0.25, -0.2) is 9.97 Å². The largest absolute Gasteiger partial charge is 0.508 e. The Balaban J connectivity index is 2.25. The zero-order valence-corrected chi connectivity index (χ0v) is 12.5. The van der Waals surface area contributed by atoms with Crippen LogP contribution in [0.4, 0.5) is 0 Å². The fourth-order valence-electron chi connectivity index (χ4n) is 2.46. The van der Waals surface area contributed by atoms with Gasteiger partial charge in [0.15, 0.2) is 5.65 Å². The van der Waals surface area contributed by atoms with Crippen molar-refractivity contribution in [2.75, 3.05) is 0 Å². The van der Waals surface area contributed by atoms with E-state index in [1.165, 1.54) is 0 Å². The molecular formula is C17H19N3O.